The first-order valence-corrected chi connectivity index (χ1v) is 11.7. The zero-order chi connectivity index (χ0) is 23.1. The topological polar surface area (TPSA) is 56.8 Å². The third-order valence-electron chi connectivity index (χ3n) is 7.04. The highest BCUT2D eigenvalue weighted by molar-refractivity contribution is 5.99. The number of anilines is 2. The van der Waals surface area contributed by atoms with Gasteiger partial charge in [-0.3, -0.25) is 9.59 Å². The van der Waals surface area contributed by atoms with Crippen LogP contribution in [0.4, 0.5) is 20.3 Å². The molecule has 5 rings (SSSR count). The lowest BCUT2D eigenvalue weighted by atomic mass is 9.97. The molecular formula is C25H28F2N4O2. The number of hydrogen-bond donors (Lipinski definition) is 0. The van der Waals surface area contributed by atoms with Gasteiger partial charge in [-0.15, -0.1) is 0 Å². The molecular weight excluding hydrogens is 426 g/mol. The zero-order valence-electron chi connectivity index (χ0n) is 18.8. The Hall–Kier alpha value is -3.03. The highest BCUT2D eigenvalue weighted by Crippen LogP contribution is 2.35. The van der Waals surface area contributed by atoms with Crippen molar-refractivity contribution in [1.82, 2.24) is 14.8 Å². The predicted octanol–water partition coefficient (Wildman–Crippen LogP) is 4.26. The first kappa shape index (κ1) is 21.8. The smallest absolute Gasteiger partial charge is 0.255 e. The molecule has 0 aliphatic carbocycles. The first-order valence-electron chi connectivity index (χ1n) is 11.7. The van der Waals surface area contributed by atoms with Crippen molar-refractivity contribution in [2.75, 3.05) is 31.1 Å². The Bertz CT molecular complexity index is 1090. The normalized spacial score (nSPS) is 20.3. The number of halogens is 2. The van der Waals surface area contributed by atoms with Crippen molar-refractivity contribution in [3.05, 3.63) is 52.7 Å². The Morgan fingerprint density at radius 2 is 2.03 bits per heavy atom. The van der Waals surface area contributed by atoms with Crippen LogP contribution in [0.5, 0.6) is 0 Å². The molecule has 0 bridgehead atoms. The molecule has 0 spiro atoms. The van der Waals surface area contributed by atoms with Crippen molar-refractivity contribution in [2.24, 2.45) is 5.92 Å². The van der Waals surface area contributed by atoms with Gasteiger partial charge in [-0.25, -0.2) is 13.8 Å². The SMILES string of the molecule is CCN1Cc2cc(N3CCCc4cc(C(=O)N5CCC[C@H](C(F)F)C5)cnc43)ccc2C1=O. The first-order chi connectivity index (χ1) is 16.0. The molecule has 174 valence electrons. The number of nitrogens with zero attached hydrogens (tertiary/aromatic N) is 4. The summed E-state index contributed by atoms with van der Waals surface area (Å²) < 4.78 is 26.3. The average Bonchev–Trinajstić information content (AvgIpc) is 3.17. The molecule has 1 atom stereocenters. The van der Waals surface area contributed by atoms with Crippen LogP contribution >= 0.6 is 0 Å². The maximum Gasteiger partial charge on any atom is 0.255 e. The highest BCUT2D eigenvalue weighted by atomic mass is 19.3. The molecule has 33 heavy (non-hydrogen) atoms. The molecule has 8 heteroatoms. The second-order valence-corrected chi connectivity index (χ2v) is 9.11. The number of likely N-dealkylation sites (tertiary alicyclic amines) is 1. The van der Waals surface area contributed by atoms with Crippen molar-refractivity contribution in [2.45, 2.75) is 45.6 Å². The lowest BCUT2D eigenvalue weighted by Crippen LogP contribution is -2.42. The third-order valence-corrected chi connectivity index (χ3v) is 7.04. The van der Waals surface area contributed by atoms with Crippen molar-refractivity contribution >= 4 is 23.3 Å². The van der Waals surface area contributed by atoms with Gasteiger partial charge < -0.3 is 14.7 Å². The van der Waals surface area contributed by atoms with Crippen molar-refractivity contribution in [3.8, 4) is 0 Å². The van der Waals surface area contributed by atoms with Crippen molar-refractivity contribution in [1.29, 1.82) is 0 Å². The summed E-state index contributed by atoms with van der Waals surface area (Å²) in [7, 11) is 0. The highest BCUT2D eigenvalue weighted by Gasteiger charge is 2.31. The number of carbonyl (C=O) groups is 2. The summed E-state index contributed by atoms with van der Waals surface area (Å²) in [6, 6.07) is 7.80. The van der Waals surface area contributed by atoms with Gasteiger partial charge in [0, 0.05) is 56.1 Å². The van der Waals surface area contributed by atoms with E-state index in [9.17, 15) is 18.4 Å². The number of hydrogen-bond acceptors (Lipinski definition) is 4. The van der Waals surface area contributed by atoms with Gasteiger partial charge in [0.1, 0.15) is 5.82 Å². The fourth-order valence-corrected chi connectivity index (χ4v) is 5.21. The van der Waals surface area contributed by atoms with E-state index in [-0.39, 0.29) is 18.4 Å². The molecule has 1 saturated heterocycles. The van der Waals surface area contributed by atoms with Gasteiger partial charge in [-0.1, -0.05) is 0 Å². The second-order valence-electron chi connectivity index (χ2n) is 9.11. The van der Waals surface area contributed by atoms with Gasteiger partial charge in [0.15, 0.2) is 0 Å². The quantitative estimate of drug-likeness (QED) is 0.693. The summed E-state index contributed by atoms with van der Waals surface area (Å²) in [6.45, 7) is 4.69. The van der Waals surface area contributed by atoms with Crippen LogP contribution in [0.3, 0.4) is 0 Å². The second kappa shape index (κ2) is 8.72. The van der Waals surface area contributed by atoms with E-state index in [1.165, 1.54) is 0 Å². The Morgan fingerprint density at radius 3 is 2.82 bits per heavy atom. The van der Waals surface area contributed by atoms with E-state index in [4.69, 9.17) is 0 Å². The molecule has 0 N–H and O–H groups in total. The molecule has 1 aromatic heterocycles. The Labute approximate surface area is 192 Å². The number of benzene rings is 1. The minimum atomic E-state index is -2.40. The molecule has 2 amide bonds. The Balaban J connectivity index is 1.39. The van der Waals surface area contributed by atoms with E-state index >= 15 is 0 Å². The summed E-state index contributed by atoms with van der Waals surface area (Å²) in [5.41, 5.74) is 4.22. The van der Waals surface area contributed by atoms with Gasteiger partial charge in [-0.05, 0) is 68.0 Å². The number of aromatic nitrogens is 1. The minimum absolute atomic E-state index is 0.0752. The van der Waals surface area contributed by atoms with Crippen LogP contribution in [-0.2, 0) is 13.0 Å². The molecule has 6 nitrogen and oxygen atoms in total. The summed E-state index contributed by atoms with van der Waals surface area (Å²) in [5, 5.41) is 0. The molecule has 2 aromatic rings. The lowest BCUT2D eigenvalue weighted by molar-refractivity contribution is 0.0253. The lowest BCUT2D eigenvalue weighted by Gasteiger charge is -2.33. The fraction of sp³-hybridized carbons (Fsp3) is 0.480. The number of carbonyl (C=O) groups excluding carboxylic acids is 2. The van der Waals surface area contributed by atoms with Crippen molar-refractivity contribution in [3.63, 3.8) is 0 Å². The van der Waals surface area contributed by atoms with E-state index in [2.05, 4.69) is 16.0 Å². The summed E-state index contributed by atoms with van der Waals surface area (Å²) >= 11 is 0. The average molecular weight is 455 g/mol. The Kier molecular flexibility index (Phi) is 5.76. The van der Waals surface area contributed by atoms with Crippen LogP contribution in [-0.4, -0.2) is 59.2 Å². The van der Waals surface area contributed by atoms with Crippen LogP contribution in [0.15, 0.2) is 30.5 Å². The largest absolute Gasteiger partial charge is 0.338 e. The van der Waals surface area contributed by atoms with Gasteiger partial charge >= 0.3 is 0 Å². The van der Waals surface area contributed by atoms with Crippen LogP contribution in [0, 0.1) is 5.92 Å². The number of rotatable bonds is 4. The van der Waals surface area contributed by atoms with E-state index in [1.807, 2.05) is 30.0 Å². The van der Waals surface area contributed by atoms with E-state index < -0.39 is 12.3 Å². The van der Waals surface area contributed by atoms with E-state index in [1.54, 1.807) is 11.1 Å². The molecule has 0 unspecified atom stereocenters. The van der Waals surface area contributed by atoms with Crippen LogP contribution < -0.4 is 4.90 Å². The maximum absolute atomic E-state index is 13.2. The maximum atomic E-state index is 13.2. The van der Waals surface area contributed by atoms with Gasteiger partial charge in [0.25, 0.3) is 11.8 Å². The molecule has 0 radical (unpaired) electrons. The number of piperidine rings is 1. The number of pyridine rings is 1. The van der Waals surface area contributed by atoms with Gasteiger partial charge in [0.05, 0.1) is 5.56 Å². The molecule has 0 saturated carbocycles. The summed E-state index contributed by atoms with van der Waals surface area (Å²) in [6.07, 6.45) is 1.96. The number of fused-ring (bicyclic) bond motifs is 2. The molecule has 3 aliphatic rings. The minimum Gasteiger partial charge on any atom is -0.338 e. The summed E-state index contributed by atoms with van der Waals surface area (Å²) in [5.74, 6) is -0.0766. The van der Waals surface area contributed by atoms with Gasteiger partial charge in [0.2, 0.25) is 6.43 Å². The molecule has 4 heterocycles. The molecule has 1 fully saturated rings. The number of aryl methyl sites for hydroxylation is 1. The third kappa shape index (κ3) is 3.96. The molecule has 1 aromatic carbocycles. The summed E-state index contributed by atoms with van der Waals surface area (Å²) in [4.78, 5) is 35.6. The van der Waals surface area contributed by atoms with Crippen LogP contribution in [0.1, 0.15) is 58.0 Å². The number of amides is 2. The zero-order valence-corrected chi connectivity index (χ0v) is 18.8. The van der Waals surface area contributed by atoms with E-state index in [0.29, 0.717) is 38.0 Å². The molecule has 3 aliphatic heterocycles. The number of alkyl halides is 2. The van der Waals surface area contributed by atoms with Gasteiger partial charge in [-0.2, -0.15) is 0 Å². The standard InChI is InChI=1S/C25H28F2N4O2/c1-2-29-15-19-12-20(7-8-21(19)25(29)33)31-10-4-5-16-11-18(13-28-23(16)31)24(32)30-9-3-6-17(14-30)22(26)27/h7-8,11-13,17,22H,2-6,9-10,14-15H2,1H3/t17-/m0/s1. The Morgan fingerprint density at radius 1 is 1.18 bits per heavy atom. The van der Waals surface area contributed by atoms with Crippen LogP contribution in [0.2, 0.25) is 0 Å². The fourth-order valence-electron chi connectivity index (χ4n) is 5.21. The monoisotopic (exact) mass is 454 g/mol. The van der Waals surface area contributed by atoms with Crippen LogP contribution in [0.25, 0.3) is 0 Å². The van der Waals surface area contributed by atoms with Crippen molar-refractivity contribution < 1.29 is 18.4 Å². The van der Waals surface area contributed by atoms with E-state index in [0.717, 1.165) is 47.6 Å². The predicted molar refractivity (Wildman–Crippen MR) is 121 cm³/mol.